The zero-order chi connectivity index (χ0) is 36.8. The molecule has 48 heavy (non-hydrogen) atoms. The number of hydrogen-bond acceptors (Lipinski definition) is 6. The van der Waals surface area contributed by atoms with Crippen LogP contribution in [0.2, 0.25) is 36.3 Å². The molecule has 1 amide bonds. The Morgan fingerprint density at radius 3 is 2.02 bits per heavy atom. The van der Waals surface area contributed by atoms with Gasteiger partial charge in [-0.25, -0.2) is 0 Å². The van der Waals surface area contributed by atoms with Gasteiger partial charge in [0.25, 0.3) is 0 Å². The van der Waals surface area contributed by atoms with Crippen molar-refractivity contribution < 1.29 is 23.2 Å². The van der Waals surface area contributed by atoms with E-state index in [1.165, 1.54) is 12.8 Å². The summed E-state index contributed by atoms with van der Waals surface area (Å²) in [5, 5.41) is 0.190. The Bertz CT molecular complexity index is 1040. The Balaban J connectivity index is 3.41. The Hall–Kier alpha value is -0.876. The number of amides is 1. The second-order valence-electron chi connectivity index (χ2n) is 16.7. The normalized spacial score (nSPS) is 18.5. The first-order chi connectivity index (χ1) is 22.2. The minimum absolute atomic E-state index is 0.00878. The molecule has 0 N–H and O–H groups in total. The molecular weight excluding hydrogens is 651 g/mol. The standard InChI is InChI=1S/C39H75NO5SSi2/c1-15-19-21-25-31(44-47(11,12)38(5,6)7)27-28-32-33(45-48(13,14)39(8,9)10)30-34(43-36(42)24-16-2)37(32)46-29-23-20-22-26-35(41)40(17-3)18-4/h27-28,31-33H,15-26,29-30H2,1-14H3/b28-27+/t31-,32-,33+/m0/s1. The summed E-state index contributed by atoms with van der Waals surface area (Å²) in [4.78, 5) is 28.4. The molecule has 0 aromatic rings. The molecule has 0 spiro atoms. The Kier molecular flexibility index (Phi) is 19.6. The summed E-state index contributed by atoms with van der Waals surface area (Å²) in [5.41, 5.74) is 0. The molecule has 0 heterocycles. The van der Waals surface area contributed by atoms with Crippen LogP contribution < -0.4 is 0 Å². The zero-order valence-electron chi connectivity index (χ0n) is 33.7. The van der Waals surface area contributed by atoms with E-state index in [-0.39, 0.29) is 40.1 Å². The second kappa shape index (κ2) is 20.8. The van der Waals surface area contributed by atoms with Crippen LogP contribution in [0.4, 0.5) is 0 Å². The minimum atomic E-state index is -2.12. The highest BCUT2D eigenvalue weighted by atomic mass is 32.2. The summed E-state index contributed by atoms with van der Waals surface area (Å²) in [5.74, 6) is 1.81. The lowest BCUT2D eigenvalue weighted by atomic mass is 10.0. The quantitative estimate of drug-likeness (QED) is 0.0479. The first-order valence-electron chi connectivity index (χ1n) is 19.1. The fraction of sp³-hybridized carbons (Fsp3) is 0.846. The Morgan fingerprint density at radius 1 is 0.854 bits per heavy atom. The van der Waals surface area contributed by atoms with Crippen molar-refractivity contribution in [3.8, 4) is 0 Å². The molecule has 1 aliphatic carbocycles. The average molecular weight is 726 g/mol. The highest BCUT2D eigenvalue weighted by Gasteiger charge is 2.45. The molecule has 9 heteroatoms. The third-order valence-corrected chi connectivity index (χ3v) is 20.9. The molecular formula is C39H75NO5SSi2. The smallest absolute Gasteiger partial charge is 0.310 e. The molecule has 0 aromatic heterocycles. The number of ether oxygens (including phenoxy) is 1. The molecule has 0 bridgehead atoms. The molecule has 0 aliphatic heterocycles. The van der Waals surface area contributed by atoms with Crippen molar-refractivity contribution in [3.63, 3.8) is 0 Å². The van der Waals surface area contributed by atoms with Crippen LogP contribution in [0.25, 0.3) is 0 Å². The van der Waals surface area contributed by atoms with E-state index in [1.54, 1.807) is 0 Å². The molecule has 0 unspecified atom stereocenters. The summed E-state index contributed by atoms with van der Waals surface area (Å²) in [6.07, 6.45) is 14.5. The van der Waals surface area contributed by atoms with Gasteiger partial charge in [0.05, 0.1) is 12.2 Å². The van der Waals surface area contributed by atoms with Gasteiger partial charge < -0.3 is 18.5 Å². The van der Waals surface area contributed by atoms with Crippen LogP contribution in [0.1, 0.15) is 140 Å². The van der Waals surface area contributed by atoms with Crippen molar-refractivity contribution >= 4 is 40.3 Å². The molecule has 0 saturated carbocycles. The molecule has 0 fully saturated rings. The van der Waals surface area contributed by atoms with Gasteiger partial charge in [-0.3, -0.25) is 9.59 Å². The number of unbranched alkanes of at least 4 members (excludes halogenated alkanes) is 4. The lowest BCUT2D eigenvalue weighted by Crippen LogP contribution is -2.45. The number of carbonyl (C=O) groups excluding carboxylic acids is 2. The molecule has 6 nitrogen and oxygen atoms in total. The predicted molar refractivity (Wildman–Crippen MR) is 212 cm³/mol. The van der Waals surface area contributed by atoms with E-state index in [2.05, 4.69) is 86.8 Å². The molecule has 0 saturated heterocycles. The number of carbonyl (C=O) groups is 2. The third-order valence-electron chi connectivity index (χ3n) is 10.6. The maximum absolute atomic E-state index is 12.9. The van der Waals surface area contributed by atoms with Crippen molar-refractivity contribution in [3.05, 3.63) is 22.8 Å². The van der Waals surface area contributed by atoms with Crippen LogP contribution in [-0.2, 0) is 23.2 Å². The van der Waals surface area contributed by atoms with Crippen molar-refractivity contribution in [1.29, 1.82) is 0 Å². The first kappa shape index (κ1) is 45.1. The summed E-state index contributed by atoms with van der Waals surface area (Å²) in [7, 11) is -4.11. The summed E-state index contributed by atoms with van der Waals surface area (Å²) < 4.78 is 20.3. The highest BCUT2D eigenvalue weighted by Crippen LogP contribution is 2.47. The van der Waals surface area contributed by atoms with Crippen LogP contribution in [-0.4, -0.2) is 64.5 Å². The van der Waals surface area contributed by atoms with Gasteiger partial charge in [0.1, 0.15) is 5.76 Å². The van der Waals surface area contributed by atoms with Gasteiger partial charge in [-0.1, -0.05) is 93.2 Å². The van der Waals surface area contributed by atoms with Crippen LogP contribution in [0, 0.1) is 5.92 Å². The third kappa shape index (κ3) is 14.8. The number of nitrogens with zero attached hydrogens (tertiary/aromatic N) is 1. The molecule has 1 aliphatic rings. The second-order valence-corrected chi connectivity index (χ2v) is 27.3. The van der Waals surface area contributed by atoms with E-state index in [4.69, 9.17) is 13.6 Å². The van der Waals surface area contributed by atoms with E-state index < -0.39 is 16.6 Å². The molecule has 1 rings (SSSR count). The average Bonchev–Trinajstić information content (AvgIpc) is 3.27. The number of esters is 1. The highest BCUT2D eigenvalue weighted by molar-refractivity contribution is 8.03. The number of thioether (sulfide) groups is 1. The van der Waals surface area contributed by atoms with Crippen molar-refractivity contribution in [2.75, 3.05) is 18.8 Å². The van der Waals surface area contributed by atoms with Gasteiger partial charge in [-0.15, -0.1) is 11.8 Å². The van der Waals surface area contributed by atoms with Gasteiger partial charge in [0, 0.05) is 43.2 Å². The van der Waals surface area contributed by atoms with E-state index in [0.29, 0.717) is 19.3 Å². The van der Waals surface area contributed by atoms with E-state index in [0.717, 1.165) is 68.0 Å². The minimum Gasteiger partial charge on any atom is -0.430 e. The first-order valence-corrected chi connectivity index (χ1v) is 25.9. The van der Waals surface area contributed by atoms with Crippen LogP contribution in [0.5, 0.6) is 0 Å². The summed E-state index contributed by atoms with van der Waals surface area (Å²) >= 11 is 1.82. The van der Waals surface area contributed by atoms with Crippen molar-refractivity contribution in [2.24, 2.45) is 5.92 Å². The maximum atomic E-state index is 12.9. The molecule has 280 valence electrons. The zero-order valence-corrected chi connectivity index (χ0v) is 36.5. The lowest BCUT2D eigenvalue weighted by Gasteiger charge is -2.40. The summed E-state index contributed by atoms with van der Waals surface area (Å²) in [6.45, 7) is 33.0. The Morgan fingerprint density at radius 2 is 1.48 bits per heavy atom. The predicted octanol–water partition coefficient (Wildman–Crippen LogP) is 11.6. The monoisotopic (exact) mass is 725 g/mol. The van der Waals surface area contributed by atoms with Gasteiger partial charge >= 0.3 is 5.97 Å². The largest absolute Gasteiger partial charge is 0.430 e. The van der Waals surface area contributed by atoms with Crippen LogP contribution in [0.15, 0.2) is 22.8 Å². The molecule has 0 radical (unpaired) electrons. The molecule has 0 aromatic carbocycles. The summed E-state index contributed by atoms with van der Waals surface area (Å²) in [6, 6.07) is 0. The Labute approximate surface area is 303 Å². The number of hydrogen-bond donors (Lipinski definition) is 0. The van der Waals surface area contributed by atoms with E-state index in [1.807, 2.05) is 37.4 Å². The molecule has 3 atom stereocenters. The maximum Gasteiger partial charge on any atom is 0.310 e. The van der Waals surface area contributed by atoms with Crippen LogP contribution in [0.3, 0.4) is 0 Å². The van der Waals surface area contributed by atoms with Crippen molar-refractivity contribution in [2.45, 2.75) is 188 Å². The van der Waals surface area contributed by atoms with Gasteiger partial charge in [-0.2, -0.15) is 0 Å². The van der Waals surface area contributed by atoms with Crippen molar-refractivity contribution in [1.82, 2.24) is 4.90 Å². The SMILES string of the molecule is CCCCC[C@@H](/C=C/[C@@H]1C(SCCCCCC(=O)N(CC)CC)=C(OC(=O)CCC)C[C@H]1O[Si](C)(C)C(C)(C)C)O[Si](C)(C)C(C)(C)C. The fourth-order valence-corrected chi connectivity index (χ4v) is 9.29. The van der Waals surface area contributed by atoms with Gasteiger partial charge in [0.2, 0.25) is 5.91 Å². The fourth-order valence-electron chi connectivity index (χ4n) is 5.37. The van der Waals surface area contributed by atoms with Gasteiger partial charge in [0.15, 0.2) is 16.6 Å². The van der Waals surface area contributed by atoms with Crippen LogP contribution >= 0.6 is 11.8 Å². The van der Waals surface area contributed by atoms with E-state index in [9.17, 15) is 9.59 Å². The van der Waals surface area contributed by atoms with E-state index >= 15 is 0 Å². The van der Waals surface area contributed by atoms with Gasteiger partial charge in [-0.05, 0) is 81.5 Å². The number of rotatable bonds is 22. The lowest BCUT2D eigenvalue weighted by molar-refractivity contribution is -0.139. The topological polar surface area (TPSA) is 65.1 Å².